The number of hydrogen-bond donors (Lipinski definition) is 1. The molecule has 1 aromatic carbocycles. The van der Waals surface area contributed by atoms with Gasteiger partial charge in [0, 0.05) is 6.54 Å². The summed E-state index contributed by atoms with van der Waals surface area (Å²) in [6, 6.07) is 7.01. The molecular formula is C18H25NO5. The molecule has 24 heavy (non-hydrogen) atoms. The Morgan fingerprint density at radius 2 is 2.08 bits per heavy atom. The topological polar surface area (TPSA) is 76.1 Å². The number of carbonyl (C=O) groups is 2. The van der Waals surface area contributed by atoms with Crippen molar-refractivity contribution >= 4 is 12.1 Å². The van der Waals surface area contributed by atoms with E-state index < -0.39 is 11.6 Å². The van der Waals surface area contributed by atoms with Crippen LogP contribution in [0.5, 0.6) is 5.75 Å². The predicted octanol–water partition coefficient (Wildman–Crippen LogP) is 3.09. The zero-order valence-electron chi connectivity index (χ0n) is 14.4. The fraction of sp³-hybridized carbons (Fsp3) is 0.556. The predicted molar refractivity (Wildman–Crippen MR) is 89.2 cm³/mol. The number of ether oxygens (including phenoxy) is 2. The number of aliphatic carboxylic acids is 1. The van der Waals surface area contributed by atoms with Crippen LogP contribution in [0.2, 0.25) is 0 Å². The average molecular weight is 335 g/mol. The van der Waals surface area contributed by atoms with Gasteiger partial charge in [0.1, 0.15) is 18.0 Å². The first kappa shape index (κ1) is 18.1. The van der Waals surface area contributed by atoms with Crippen LogP contribution in [-0.2, 0) is 16.0 Å². The van der Waals surface area contributed by atoms with Gasteiger partial charge < -0.3 is 19.5 Å². The third-order valence-electron chi connectivity index (χ3n) is 3.70. The molecule has 0 spiro atoms. The third kappa shape index (κ3) is 5.44. The third-order valence-corrected chi connectivity index (χ3v) is 3.70. The monoisotopic (exact) mass is 335 g/mol. The molecule has 1 saturated heterocycles. The highest BCUT2D eigenvalue weighted by atomic mass is 16.6. The van der Waals surface area contributed by atoms with Crippen LogP contribution in [0, 0.1) is 0 Å². The van der Waals surface area contributed by atoms with Gasteiger partial charge in [0.2, 0.25) is 0 Å². The van der Waals surface area contributed by atoms with Gasteiger partial charge in [0.05, 0.1) is 12.5 Å². The van der Waals surface area contributed by atoms with Crippen molar-refractivity contribution in [2.24, 2.45) is 0 Å². The van der Waals surface area contributed by atoms with Crippen molar-refractivity contribution in [3.63, 3.8) is 0 Å². The first-order chi connectivity index (χ1) is 11.2. The Kier molecular flexibility index (Phi) is 5.70. The summed E-state index contributed by atoms with van der Waals surface area (Å²) in [5.41, 5.74) is 0.173. The van der Waals surface area contributed by atoms with Crippen molar-refractivity contribution in [3.8, 4) is 5.75 Å². The Labute approximate surface area is 142 Å². The van der Waals surface area contributed by atoms with Crippen LogP contribution in [-0.4, -0.2) is 46.9 Å². The molecule has 0 bridgehead atoms. The molecule has 1 atom stereocenters. The summed E-state index contributed by atoms with van der Waals surface area (Å²) in [5, 5.41) is 8.85. The highest BCUT2D eigenvalue weighted by Crippen LogP contribution is 2.22. The zero-order valence-corrected chi connectivity index (χ0v) is 14.4. The van der Waals surface area contributed by atoms with Gasteiger partial charge in [-0.1, -0.05) is 12.1 Å². The number of hydrogen-bond acceptors (Lipinski definition) is 4. The zero-order chi connectivity index (χ0) is 17.7. The molecule has 132 valence electrons. The van der Waals surface area contributed by atoms with Gasteiger partial charge in [-0.05, 0) is 51.3 Å². The molecule has 2 rings (SSSR count). The second-order valence-corrected chi connectivity index (χ2v) is 7.00. The van der Waals surface area contributed by atoms with Crippen molar-refractivity contribution in [1.82, 2.24) is 4.90 Å². The standard InChI is InChI=1S/C18H25NO5/c1-18(2,3)24-17(22)19-9-5-7-14(19)12-23-15-8-4-6-13(10-15)11-16(20)21/h4,6,8,10,14H,5,7,9,11-12H2,1-3H3,(H,20,21)/t14-/m0/s1. The number of carboxylic acid groups (broad SMARTS) is 1. The summed E-state index contributed by atoms with van der Waals surface area (Å²) in [6.45, 7) is 6.58. The van der Waals surface area contributed by atoms with Gasteiger partial charge in [-0.2, -0.15) is 0 Å². The first-order valence-corrected chi connectivity index (χ1v) is 8.18. The van der Waals surface area contributed by atoms with Crippen LogP contribution < -0.4 is 4.74 Å². The molecule has 1 aliphatic rings. The molecule has 0 aromatic heterocycles. The fourth-order valence-electron chi connectivity index (χ4n) is 2.68. The molecule has 0 unspecified atom stereocenters. The number of nitrogens with zero attached hydrogens (tertiary/aromatic N) is 1. The maximum Gasteiger partial charge on any atom is 0.410 e. The lowest BCUT2D eigenvalue weighted by molar-refractivity contribution is -0.136. The summed E-state index contributed by atoms with van der Waals surface area (Å²) >= 11 is 0. The Bertz CT molecular complexity index is 593. The molecule has 0 saturated carbocycles. The van der Waals surface area contributed by atoms with Gasteiger partial charge in [-0.25, -0.2) is 4.79 Å². The molecule has 6 heteroatoms. The Balaban J connectivity index is 1.93. The summed E-state index contributed by atoms with van der Waals surface area (Å²) in [4.78, 5) is 24.7. The van der Waals surface area contributed by atoms with Crippen molar-refractivity contribution in [1.29, 1.82) is 0 Å². The largest absolute Gasteiger partial charge is 0.491 e. The van der Waals surface area contributed by atoms with E-state index in [-0.39, 0.29) is 18.6 Å². The summed E-state index contributed by atoms with van der Waals surface area (Å²) in [7, 11) is 0. The van der Waals surface area contributed by atoms with Gasteiger partial charge in [0.15, 0.2) is 0 Å². The average Bonchev–Trinajstić information content (AvgIpc) is 2.91. The van der Waals surface area contributed by atoms with Crippen LogP contribution in [0.15, 0.2) is 24.3 Å². The molecule has 1 aliphatic heterocycles. The highest BCUT2D eigenvalue weighted by molar-refractivity contribution is 5.70. The van der Waals surface area contributed by atoms with E-state index in [0.29, 0.717) is 24.5 Å². The van der Waals surface area contributed by atoms with Crippen LogP contribution in [0.3, 0.4) is 0 Å². The van der Waals surface area contributed by atoms with Crippen molar-refractivity contribution in [3.05, 3.63) is 29.8 Å². The number of benzene rings is 1. The quantitative estimate of drug-likeness (QED) is 0.895. The summed E-state index contributed by atoms with van der Waals surface area (Å²) in [5.74, 6) is -0.260. The minimum atomic E-state index is -0.876. The molecule has 1 amide bonds. The minimum absolute atomic E-state index is 0.0250. The lowest BCUT2D eigenvalue weighted by atomic mass is 10.1. The maximum absolute atomic E-state index is 12.2. The SMILES string of the molecule is CC(C)(C)OC(=O)N1CCC[C@H]1COc1cccc(CC(=O)O)c1. The number of amides is 1. The Hall–Kier alpha value is -2.24. The van der Waals surface area contributed by atoms with E-state index >= 15 is 0 Å². The van der Waals surface area contributed by atoms with E-state index in [4.69, 9.17) is 14.6 Å². The van der Waals surface area contributed by atoms with E-state index in [1.54, 1.807) is 29.2 Å². The Morgan fingerprint density at radius 3 is 2.75 bits per heavy atom. The second-order valence-electron chi connectivity index (χ2n) is 7.00. The normalized spacial score (nSPS) is 17.6. The van der Waals surface area contributed by atoms with E-state index in [1.807, 2.05) is 20.8 Å². The molecule has 1 N–H and O–H groups in total. The molecular weight excluding hydrogens is 310 g/mol. The lowest BCUT2D eigenvalue weighted by Crippen LogP contribution is -2.42. The maximum atomic E-state index is 12.2. The summed E-state index contributed by atoms with van der Waals surface area (Å²) in [6.07, 6.45) is 1.44. The van der Waals surface area contributed by atoms with Crippen LogP contribution in [0.1, 0.15) is 39.2 Å². The van der Waals surface area contributed by atoms with E-state index in [9.17, 15) is 9.59 Å². The highest BCUT2D eigenvalue weighted by Gasteiger charge is 2.32. The molecule has 1 heterocycles. The summed E-state index contributed by atoms with van der Waals surface area (Å²) < 4.78 is 11.2. The van der Waals surface area contributed by atoms with Crippen molar-refractivity contribution in [2.75, 3.05) is 13.2 Å². The van der Waals surface area contributed by atoms with E-state index in [2.05, 4.69) is 0 Å². The van der Waals surface area contributed by atoms with Crippen LogP contribution >= 0.6 is 0 Å². The van der Waals surface area contributed by atoms with Gasteiger partial charge >= 0.3 is 12.1 Å². The van der Waals surface area contributed by atoms with Crippen molar-refractivity contribution in [2.45, 2.75) is 51.7 Å². The van der Waals surface area contributed by atoms with Crippen LogP contribution in [0.4, 0.5) is 4.79 Å². The number of rotatable bonds is 5. The van der Waals surface area contributed by atoms with Crippen molar-refractivity contribution < 1.29 is 24.2 Å². The van der Waals surface area contributed by atoms with Gasteiger partial charge in [-0.15, -0.1) is 0 Å². The fourth-order valence-corrected chi connectivity index (χ4v) is 2.68. The molecule has 6 nitrogen and oxygen atoms in total. The van der Waals surface area contributed by atoms with Crippen LogP contribution in [0.25, 0.3) is 0 Å². The van der Waals surface area contributed by atoms with E-state index in [0.717, 1.165) is 12.8 Å². The number of likely N-dealkylation sites (tertiary alicyclic amines) is 1. The second kappa shape index (κ2) is 7.55. The lowest BCUT2D eigenvalue weighted by Gasteiger charge is -2.28. The van der Waals surface area contributed by atoms with Gasteiger partial charge in [-0.3, -0.25) is 4.79 Å². The van der Waals surface area contributed by atoms with E-state index in [1.165, 1.54) is 0 Å². The molecule has 1 aromatic rings. The number of carboxylic acids is 1. The number of carbonyl (C=O) groups excluding carboxylic acids is 1. The first-order valence-electron chi connectivity index (χ1n) is 8.18. The van der Waals surface area contributed by atoms with Gasteiger partial charge in [0.25, 0.3) is 0 Å². The molecule has 0 radical (unpaired) electrons. The molecule has 1 fully saturated rings. The minimum Gasteiger partial charge on any atom is -0.491 e. The molecule has 0 aliphatic carbocycles. The smallest absolute Gasteiger partial charge is 0.410 e. The Morgan fingerprint density at radius 1 is 1.33 bits per heavy atom.